The third kappa shape index (κ3) is 4.37. The zero-order chi connectivity index (χ0) is 14.5. The van der Waals surface area contributed by atoms with Gasteiger partial charge in [0.1, 0.15) is 11.9 Å². The summed E-state index contributed by atoms with van der Waals surface area (Å²) in [6.07, 6.45) is 4.99. The molecule has 0 radical (unpaired) electrons. The molecule has 20 heavy (non-hydrogen) atoms. The van der Waals surface area contributed by atoms with E-state index in [0.717, 1.165) is 35.1 Å². The van der Waals surface area contributed by atoms with Crippen LogP contribution in [0.15, 0.2) is 12.3 Å². The number of carbonyl (C=O) groups excluding carboxylic acids is 1. The largest absolute Gasteiger partial charge is 0.446 e. The van der Waals surface area contributed by atoms with Crippen LogP contribution >= 0.6 is 34.2 Å². The monoisotopic (exact) mass is 409 g/mol. The van der Waals surface area contributed by atoms with Crippen molar-refractivity contribution in [2.45, 2.75) is 37.8 Å². The topological polar surface area (TPSA) is 63.2 Å². The maximum Gasteiger partial charge on any atom is 0.407 e. The number of amides is 1. The zero-order valence-corrected chi connectivity index (χ0v) is 14.1. The first kappa shape index (κ1) is 15.6. The number of halogens is 2. The van der Waals surface area contributed by atoms with Crippen molar-refractivity contribution < 1.29 is 9.53 Å². The Labute approximate surface area is 137 Å². The first-order chi connectivity index (χ1) is 9.58. The van der Waals surface area contributed by atoms with Gasteiger partial charge in [0.15, 0.2) is 0 Å². The predicted octanol–water partition coefficient (Wildman–Crippen LogP) is 3.42. The molecule has 1 saturated carbocycles. The fourth-order valence-corrected chi connectivity index (χ4v) is 2.78. The molecule has 5 nitrogen and oxygen atoms in total. The van der Waals surface area contributed by atoms with Gasteiger partial charge in [0.05, 0.1) is 5.02 Å². The number of aromatic nitrogens is 1. The summed E-state index contributed by atoms with van der Waals surface area (Å²) in [4.78, 5) is 15.4. The van der Waals surface area contributed by atoms with Crippen molar-refractivity contribution in [1.29, 1.82) is 0 Å². The van der Waals surface area contributed by atoms with Crippen molar-refractivity contribution >= 4 is 46.1 Å². The molecule has 1 fully saturated rings. The number of ether oxygens (including phenoxy) is 1. The molecule has 2 N–H and O–H groups in total. The lowest BCUT2D eigenvalue weighted by molar-refractivity contribution is 0.0747. The number of hydrogen-bond donors (Lipinski definition) is 2. The number of alkyl carbamates (subject to hydrolysis) is 1. The average molecular weight is 410 g/mol. The Bertz CT molecular complexity index is 479. The molecule has 0 aliphatic heterocycles. The SMILES string of the molecule is CNC(=O)OC1CCC(Nc2cc(I)c(Cl)cn2)CC1. The smallest absolute Gasteiger partial charge is 0.407 e. The number of nitrogens with zero attached hydrogens (tertiary/aromatic N) is 1. The van der Waals surface area contributed by atoms with E-state index < -0.39 is 0 Å². The molecule has 0 unspecified atom stereocenters. The summed E-state index contributed by atoms with van der Waals surface area (Å²) in [5.74, 6) is 0.842. The lowest BCUT2D eigenvalue weighted by Gasteiger charge is -2.29. The fraction of sp³-hybridized carbons (Fsp3) is 0.538. The van der Waals surface area contributed by atoms with Crippen LogP contribution in [0.4, 0.5) is 10.6 Å². The molecular weight excluding hydrogens is 393 g/mol. The Hall–Kier alpha value is -0.760. The van der Waals surface area contributed by atoms with Gasteiger partial charge in [0, 0.05) is 22.9 Å². The Morgan fingerprint density at radius 1 is 1.45 bits per heavy atom. The van der Waals surface area contributed by atoms with Gasteiger partial charge in [0.25, 0.3) is 0 Å². The summed E-state index contributed by atoms with van der Waals surface area (Å²) >= 11 is 8.14. The van der Waals surface area contributed by atoms with Gasteiger partial charge in [-0.05, 0) is 54.3 Å². The van der Waals surface area contributed by atoms with Gasteiger partial charge in [0.2, 0.25) is 0 Å². The van der Waals surface area contributed by atoms with E-state index in [2.05, 4.69) is 38.2 Å². The van der Waals surface area contributed by atoms with Gasteiger partial charge in [-0.15, -0.1) is 0 Å². The maximum absolute atomic E-state index is 11.1. The number of hydrogen-bond acceptors (Lipinski definition) is 4. The van der Waals surface area contributed by atoms with Gasteiger partial charge in [-0.25, -0.2) is 9.78 Å². The molecule has 2 rings (SSSR count). The maximum atomic E-state index is 11.1. The van der Waals surface area contributed by atoms with Crippen molar-refractivity contribution in [2.24, 2.45) is 0 Å². The molecule has 1 aromatic heterocycles. The van der Waals surface area contributed by atoms with Crippen LogP contribution in [0.5, 0.6) is 0 Å². The fourth-order valence-electron chi connectivity index (χ4n) is 2.24. The van der Waals surface area contributed by atoms with Crippen molar-refractivity contribution in [3.8, 4) is 0 Å². The Balaban J connectivity index is 1.82. The normalized spacial score (nSPS) is 22.1. The van der Waals surface area contributed by atoms with E-state index in [1.165, 1.54) is 0 Å². The van der Waals surface area contributed by atoms with E-state index in [4.69, 9.17) is 16.3 Å². The standard InChI is InChI=1S/C13H17ClIN3O2/c1-16-13(19)20-9-4-2-8(3-5-9)18-12-6-11(15)10(14)7-17-12/h6-9H,2-5H2,1H3,(H,16,19)(H,17,18). The van der Waals surface area contributed by atoms with Crippen LogP contribution in [0, 0.1) is 3.57 Å². The van der Waals surface area contributed by atoms with Crippen LogP contribution in [0.3, 0.4) is 0 Å². The van der Waals surface area contributed by atoms with Crippen LogP contribution in [0.25, 0.3) is 0 Å². The molecule has 0 bridgehead atoms. The van der Waals surface area contributed by atoms with Gasteiger partial charge >= 0.3 is 6.09 Å². The van der Waals surface area contributed by atoms with E-state index in [1.807, 2.05) is 6.07 Å². The van der Waals surface area contributed by atoms with E-state index in [9.17, 15) is 4.79 Å². The molecule has 110 valence electrons. The van der Waals surface area contributed by atoms with Crippen molar-refractivity contribution in [2.75, 3.05) is 12.4 Å². The first-order valence-electron chi connectivity index (χ1n) is 6.54. The summed E-state index contributed by atoms with van der Waals surface area (Å²) in [6, 6.07) is 2.31. The van der Waals surface area contributed by atoms with Gasteiger partial charge in [-0.3, -0.25) is 0 Å². The molecule has 0 aromatic carbocycles. The van der Waals surface area contributed by atoms with Gasteiger partial charge < -0.3 is 15.4 Å². The molecular formula is C13H17ClIN3O2. The quantitative estimate of drug-likeness (QED) is 0.751. The van der Waals surface area contributed by atoms with Crippen LogP contribution in [-0.2, 0) is 4.74 Å². The Morgan fingerprint density at radius 3 is 2.75 bits per heavy atom. The summed E-state index contributed by atoms with van der Waals surface area (Å²) in [6.45, 7) is 0. The van der Waals surface area contributed by atoms with Crippen LogP contribution in [0.1, 0.15) is 25.7 Å². The highest BCUT2D eigenvalue weighted by Gasteiger charge is 2.23. The summed E-state index contributed by atoms with van der Waals surface area (Å²) < 4.78 is 6.25. The van der Waals surface area contributed by atoms with Crippen LogP contribution in [-0.4, -0.2) is 30.3 Å². The molecule has 1 aliphatic carbocycles. The van der Waals surface area contributed by atoms with E-state index in [1.54, 1.807) is 13.2 Å². The summed E-state index contributed by atoms with van der Waals surface area (Å²) in [5, 5.41) is 6.55. The molecule has 1 amide bonds. The lowest BCUT2D eigenvalue weighted by Crippen LogP contribution is -2.33. The summed E-state index contributed by atoms with van der Waals surface area (Å²) in [5.41, 5.74) is 0. The molecule has 0 saturated heterocycles. The van der Waals surface area contributed by atoms with Crippen molar-refractivity contribution in [3.63, 3.8) is 0 Å². The lowest BCUT2D eigenvalue weighted by atomic mass is 9.93. The number of carbonyl (C=O) groups is 1. The van der Waals surface area contributed by atoms with Gasteiger partial charge in [-0.2, -0.15) is 0 Å². The molecule has 0 atom stereocenters. The highest BCUT2D eigenvalue weighted by atomic mass is 127. The highest BCUT2D eigenvalue weighted by molar-refractivity contribution is 14.1. The molecule has 0 spiro atoms. The van der Waals surface area contributed by atoms with Crippen molar-refractivity contribution in [1.82, 2.24) is 10.3 Å². The van der Waals surface area contributed by atoms with E-state index >= 15 is 0 Å². The average Bonchev–Trinajstić information content (AvgIpc) is 2.45. The third-order valence-electron chi connectivity index (χ3n) is 3.31. The predicted molar refractivity (Wildman–Crippen MR) is 87.2 cm³/mol. The van der Waals surface area contributed by atoms with Crippen molar-refractivity contribution in [3.05, 3.63) is 20.9 Å². The first-order valence-corrected chi connectivity index (χ1v) is 8.00. The Kier molecular flexibility index (Phi) is 5.71. The number of rotatable bonds is 3. The molecule has 7 heteroatoms. The van der Waals surface area contributed by atoms with Crippen LogP contribution < -0.4 is 10.6 Å². The van der Waals surface area contributed by atoms with E-state index in [0.29, 0.717) is 11.1 Å². The van der Waals surface area contributed by atoms with Gasteiger partial charge in [-0.1, -0.05) is 11.6 Å². The third-order valence-corrected chi connectivity index (χ3v) is 4.83. The van der Waals surface area contributed by atoms with E-state index in [-0.39, 0.29) is 12.2 Å². The molecule has 1 aliphatic rings. The Morgan fingerprint density at radius 2 is 2.15 bits per heavy atom. The second-order valence-electron chi connectivity index (χ2n) is 4.76. The summed E-state index contributed by atoms with van der Waals surface area (Å²) in [7, 11) is 1.57. The second kappa shape index (κ2) is 7.31. The number of pyridine rings is 1. The number of nitrogens with one attached hydrogen (secondary N) is 2. The molecule has 1 aromatic rings. The zero-order valence-electron chi connectivity index (χ0n) is 11.2. The van der Waals surface area contributed by atoms with Crippen LogP contribution in [0.2, 0.25) is 5.02 Å². The minimum absolute atomic E-state index is 0.0197. The second-order valence-corrected chi connectivity index (χ2v) is 6.33. The minimum Gasteiger partial charge on any atom is -0.446 e. The number of anilines is 1. The molecule has 1 heterocycles. The minimum atomic E-state index is -0.352. The highest BCUT2D eigenvalue weighted by Crippen LogP contribution is 2.25.